The fraction of sp³-hybridized carbons (Fsp3) is 0.0476. The van der Waals surface area contributed by atoms with Crippen molar-refractivity contribution in [1.29, 1.82) is 0 Å². The molecule has 3 N–H and O–H groups in total. The molecule has 5 heteroatoms. The Hall–Kier alpha value is -3.47. The molecule has 4 aromatic rings. The number of aromatic hydroxyl groups is 1. The van der Waals surface area contributed by atoms with Gasteiger partial charge in [0.05, 0.1) is 6.20 Å². The average Bonchev–Trinajstić information content (AvgIpc) is 2.69. The Labute approximate surface area is 150 Å². The Kier molecular flexibility index (Phi) is 4.19. The van der Waals surface area contributed by atoms with E-state index < -0.39 is 0 Å². The van der Waals surface area contributed by atoms with Crippen molar-refractivity contribution in [2.75, 3.05) is 5.32 Å². The average molecular weight is 346 g/mol. The lowest BCUT2D eigenvalue weighted by Gasteiger charge is -2.17. The van der Waals surface area contributed by atoms with Crippen LogP contribution in [0.5, 0.6) is 5.75 Å². The number of aromatic nitrogens is 2. The van der Waals surface area contributed by atoms with Gasteiger partial charge >= 0.3 is 0 Å². The van der Waals surface area contributed by atoms with Crippen molar-refractivity contribution in [3.8, 4) is 5.75 Å². The van der Waals surface area contributed by atoms with E-state index in [-0.39, 0.29) is 17.6 Å². The summed E-state index contributed by atoms with van der Waals surface area (Å²) in [5.41, 5.74) is 2.03. The standard InChI is InChI=1S/C21H16FN3O/c22-16-9-6-15(7-10-16)19(25-18-5-1-2-12-23-18)17-11-8-14-4-3-13-24-20(14)21(17)26/h1-13,19,26H,(H,23,25)/p+1/t19-/m1/s1. The van der Waals surface area contributed by atoms with Gasteiger partial charge in [-0.2, -0.15) is 0 Å². The molecule has 4 rings (SSSR count). The van der Waals surface area contributed by atoms with Crippen LogP contribution in [0.3, 0.4) is 0 Å². The molecule has 0 spiro atoms. The second-order valence-corrected chi connectivity index (χ2v) is 5.98. The first-order valence-corrected chi connectivity index (χ1v) is 8.28. The third-order valence-electron chi connectivity index (χ3n) is 4.30. The topological polar surface area (TPSA) is 59.3 Å². The van der Waals surface area contributed by atoms with Crippen molar-refractivity contribution in [2.45, 2.75) is 6.04 Å². The smallest absolute Gasteiger partial charge is 0.272 e. The second-order valence-electron chi connectivity index (χ2n) is 5.98. The summed E-state index contributed by atoms with van der Waals surface area (Å²) < 4.78 is 13.4. The van der Waals surface area contributed by atoms with E-state index in [1.165, 1.54) is 12.1 Å². The molecule has 0 aliphatic carbocycles. The molecule has 0 amide bonds. The van der Waals surface area contributed by atoms with E-state index in [0.29, 0.717) is 11.1 Å². The quantitative estimate of drug-likeness (QED) is 0.585. The van der Waals surface area contributed by atoms with Crippen molar-refractivity contribution < 1.29 is 14.5 Å². The Balaban J connectivity index is 1.84. The van der Waals surface area contributed by atoms with Crippen LogP contribution < -0.4 is 10.3 Å². The van der Waals surface area contributed by atoms with Crippen LogP contribution in [0.1, 0.15) is 17.2 Å². The minimum absolute atomic E-state index is 0.112. The number of rotatable bonds is 4. The van der Waals surface area contributed by atoms with Gasteiger partial charge in [0.2, 0.25) is 0 Å². The maximum absolute atomic E-state index is 13.4. The minimum Gasteiger partial charge on any atom is -0.505 e. The SMILES string of the molecule is Oc1c([C@H](Nc2cccc[nH+]2)c2ccc(F)cc2)ccc2cccnc12. The summed E-state index contributed by atoms with van der Waals surface area (Å²) in [5, 5.41) is 15.1. The predicted octanol–water partition coefficient (Wildman–Crippen LogP) is 4.10. The lowest BCUT2D eigenvalue weighted by molar-refractivity contribution is -0.361. The molecule has 0 saturated carbocycles. The lowest BCUT2D eigenvalue weighted by atomic mass is 9.96. The zero-order valence-corrected chi connectivity index (χ0v) is 13.9. The van der Waals surface area contributed by atoms with Gasteiger partial charge in [0.15, 0.2) is 0 Å². The van der Waals surface area contributed by atoms with Gasteiger partial charge in [0.1, 0.15) is 23.1 Å². The molecule has 0 unspecified atom stereocenters. The van der Waals surface area contributed by atoms with Crippen LogP contribution >= 0.6 is 0 Å². The van der Waals surface area contributed by atoms with Gasteiger partial charge in [-0.3, -0.25) is 10.3 Å². The second kappa shape index (κ2) is 6.80. The van der Waals surface area contributed by atoms with E-state index in [0.717, 1.165) is 16.8 Å². The van der Waals surface area contributed by atoms with E-state index in [2.05, 4.69) is 15.3 Å². The van der Waals surface area contributed by atoms with E-state index in [4.69, 9.17) is 0 Å². The number of anilines is 1. The Morgan fingerprint density at radius 2 is 1.81 bits per heavy atom. The molecule has 0 bridgehead atoms. The highest BCUT2D eigenvalue weighted by atomic mass is 19.1. The number of phenols is 1. The fourth-order valence-corrected chi connectivity index (χ4v) is 3.01. The Morgan fingerprint density at radius 1 is 0.962 bits per heavy atom. The number of pyridine rings is 2. The number of phenolic OH excluding ortho intramolecular Hbond substituents is 1. The third-order valence-corrected chi connectivity index (χ3v) is 4.30. The maximum atomic E-state index is 13.4. The molecule has 0 aliphatic rings. The van der Waals surface area contributed by atoms with Crippen LogP contribution in [0.2, 0.25) is 0 Å². The Bertz CT molecular complexity index is 1040. The monoisotopic (exact) mass is 346 g/mol. The van der Waals surface area contributed by atoms with Gasteiger partial charge in [-0.25, -0.2) is 9.37 Å². The molecule has 0 aliphatic heterocycles. The van der Waals surface area contributed by atoms with E-state index in [1.54, 1.807) is 18.3 Å². The number of hydrogen-bond acceptors (Lipinski definition) is 3. The summed E-state index contributed by atoms with van der Waals surface area (Å²) >= 11 is 0. The maximum Gasteiger partial charge on any atom is 0.272 e. The van der Waals surface area contributed by atoms with Gasteiger partial charge in [-0.05, 0) is 30.3 Å². The molecule has 26 heavy (non-hydrogen) atoms. The van der Waals surface area contributed by atoms with Gasteiger partial charge in [0.25, 0.3) is 5.82 Å². The number of nitrogens with zero attached hydrogens (tertiary/aromatic N) is 1. The zero-order chi connectivity index (χ0) is 17.9. The molecule has 2 heterocycles. The predicted molar refractivity (Wildman–Crippen MR) is 98.3 cm³/mol. The Morgan fingerprint density at radius 3 is 2.58 bits per heavy atom. The largest absolute Gasteiger partial charge is 0.505 e. The number of benzene rings is 2. The summed E-state index contributed by atoms with van der Waals surface area (Å²) in [7, 11) is 0. The molecular weight excluding hydrogens is 329 g/mol. The highest BCUT2D eigenvalue weighted by Gasteiger charge is 2.24. The van der Waals surface area contributed by atoms with Gasteiger partial charge in [-0.1, -0.05) is 30.3 Å². The van der Waals surface area contributed by atoms with Crippen molar-refractivity contribution >= 4 is 16.7 Å². The fourth-order valence-electron chi connectivity index (χ4n) is 3.01. The molecule has 1 atom stereocenters. The highest BCUT2D eigenvalue weighted by molar-refractivity contribution is 5.85. The molecule has 4 nitrogen and oxygen atoms in total. The van der Waals surface area contributed by atoms with Crippen LogP contribution in [-0.2, 0) is 0 Å². The van der Waals surface area contributed by atoms with Crippen LogP contribution in [0.25, 0.3) is 10.9 Å². The van der Waals surface area contributed by atoms with Crippen LogP contribution in [0.15, 0.2) is 79.1 Å². The minimum atomic E-state index is -0.374. The number of H-pyrrole nitrogens is 1. The number of nitrogens with one attached hydrogen (secondary N) is 2. The summed E-state index contributed by atoms with van der Waals surface area (Å²) in [6, 6.07) is 19.1. The number of hydrogen-bond donors (Lipinski definition) is 2. The van der Waals surface area contributed by atoms with Gasteiger partial charge in [0, 0.05) is 28.8 Å². The molecule has 0 radical (unpaired) electrons. The normalized spacial score (nSPS) is 12.0. The van der Waals surface area contributed by atoms with E-state index >= 15 is 0 Å². The first kappa shape index (κ1) is 16.0. The van der Waals surface area contributed by atoms with Crippen molar-refractivity contribution in [3.63, 3.8) is 0 Å². The number of fused-ring (bicyclic) bond motifs is 1. The molecule has 0 fully saturated rings. The van der Waals surface area contributed by atoms with Crippen LogP contribution in [0, 0.1) is 5.82 Å². The molecule has 2 aromatic heterocycles. The van der Waals surface area contributed by atoms with Crippen molar-refractivity contribution in [3.05, 3.63) is 96.1 Å². The summed E-state index contributed by atoms with van der Waals surface area (Å²) in [5.74, 6) is 0.589. The molecule has 128 valence electrons. The van der Waals surface area contributed by atoms with Gasteiger partial charge in [-0.15, -0.1) is 0 Å². The number of aromatic amines is 1. The number of halogens is 1. The van der Waals surface area contributed by atoms with E-state index in [1.807, 2.05) is 48.7 Å². The van der Waals surface area contributed by atoms with Crippen LogP contribution in [-0.4, -0.2) is 10.1 Å². The highest BCUT2D eigenvalue weighted by Crippen LogP contribution is 2.35. The van der Waals surface area contributed by atoms with Crippen molar-refractivity contribution in [1.82, 2.24) is 4.98 Å². The summed E-state index contributed by atoms with van der Waals surface area (Å²) in [6.07, 6.45) is 3.46. The van der Waals surface area contributed by atoms with Crippen molar-refractivity contribution in [2.24, 2.45) is 0 Å². The third kappa shape index (κ3) is 3.07. The first-order chi connectivity index (χ1) is 12.7. The first-order valence-electron chi connectivity index (χ1n) is 8.28. The summed E-state index contributed by atoms with van der Waals surface area (Å²) in [4.78, 5) is 7.42. The molecular formula is C21H17FN3O+. The van der Waals surface area contributed by atoms with E-state index in [9.17, 15) is 9.50 Å². The molecule has 2 aromatic carbocycles. The summed E-state index contributed by atoms with van der Waals surface area (Å²) in [6.45, 7) is 0. The zero-order valence-electron chi connectivity index (χ0n) is 13.9. The lowest BCUT2D eigenvalue weighted by Crippen LogP contribution is -2.19. The van der Waals surface area contributed by atoms with Gasteiger partial charge < -0.3 is 5.11 Å². The molecule has 0 saturated heterocycles. The van der Waals surface area contributed by atoms with Crippen LogP contribution in [0.4, 0.5) is 10.2 Å².